The van der Waals surface area contributed by atoms with Gasteiger partial charge in [0.15, 0.2) is 0 Å². The molecule has 1 aliphatic rings. The van der Waals surface area contributed by atoms with Gasteiger partial charge in [-0.3, -0.25) is 0 Å². The molecule has 2 N–H and O–H groups in total. The number of aliphatic hydroxyl groups is 1. The monoisotopic (exact) mass is 284 g/mol. The normalized spacial score (nSPS) is 27.0. The maximum Gasteiger partial charge on any atom is 0.0610 e. The highest BCUT2D eigenvalue weighted by molar-refractivity contribution is 4.85. The molecule has 1 aliphatic carbocycles. The van der Waals surface area contributed by atoms with E-state index in [2.05, 4.69) is 45.0 Å². The van der Waals surface area contributed by atoms with Gasteiger partial charge in [0.2, 0.25) is 0 Å². The van der Waals surface area contributed by atoms with Gasteiger partial charge in [-0.2, -0.15) is 0 Å². The number of rotatable bonds is 8. The molecule has 0 saturated heterocycles. The van der Waals surface area contributed by atoms with Crippen LogP contribution in [0.5, 0.6) is 0 Å². The average Bonchev–Trinajstić information content (AvgIpc) is 2.38. The molecule has 0 spiro atoms. The van der Waals surface area contributed by atoms with Crippen molar-refractivity contribution in [1.82, 2.24) is 10.2 Å². The van der Waals surface area contributed by atoms with E-state index in [1.165, 1.54) is 25.7 Å². The molecule has 0 bridgehead atoms. The van der Waals surface area contributed by atoms with Crippen LogP contribution in [0, 0.1) is 5.92 Å². The zero-order valence-corrected chi connectivity index (χ0v) is 14.3. The lowest BCUT2D eigenvalue weighted by Crippen LogP contribution is -2.49. The molecule has 0 amide bonds. The van der Waals surface area contributed by atoms with Crippen LogP contribution in [0.1, 0.15) is 66.2 Å². The highest BCUT2D eigenvalue weighted by atomic mass is 16.3. The average molecular weight is 284 g/mol. The summed E-state index contributed by atoms with van der Waals surface area (Å²) >= 11 is 0. The lowest BCUT2D eigenvalue weighted by atomic mass is 9.85. The Kier molecular flexibility index (Phi) is 7.49. The van der Waals surface area contributed by atoms with E-state index in [1.807, 2.05) is 0 Å². The Morgan fingerprint density at radius 1 is 1.30 bits per heavy atom. The highest BCUT2D eigenvalue weighted by Crippen LogP contribution is 2.27. The fourth-order valence-electron chi connectivity index (χ4n) is 3.73. The Hall–Kier alpha value is -0.120. The lowest BCUT2D eigenvalue weighted by Gasteiger charge is -2.37. The molecule has 3 heteroatoms. The molecule has 3 unspecified atom stereocenters. The Bertz CT molecular complexity index is 270. The van der Waals surface area contributed by atoms with E-state index in [0.29, 0.717) is 6.04 Å². The Balaban J connectivity index is 2.34. The number of aliphatic hydroxyl groups excluding tert-OH is 1. The first kappa shape index (κ1) is 17.9. The van der Waals surface area contributed by atoms with Crippen LogP contribution in [-0.2, 0) is 0 Å². The third-order valence-corrected chi connectivity index (χ3v) is 4.86. The molecule has 0 heterocycles. The molecule has 0 aliphatic heterocycles. The minimum absolute atomic E-state index is 0.132. The first-order valence-corrected chi connectivity index (χ1v) is 8.47. The summed E-state index contributed by atoms with van der Waals surface area (Å²) in [5, 5.41) is 13.1. The predicted molar refractivity (Wildman–Crippen MR) is 87.0 cm³/mol. The van der Waals surface area contributed by atoms with Crippen LogP contribution in [-0.4, -0.2) is 47.8 Å². The van der Waals surface area contributed by atoms with Gasteiger partial charge in [-0.25, -0.2) is 0 Å². The van der Waals surface area contributed by atoms with Crippen molar-refractivity contribution in [3.63, 3.8) is 0 Å². The summed E-state index contributed by atoms with van der Waals surface area (Å²) in [6.07, 6.45) is 7.73. The summed E-state index contributed by atoms with van der Waals surface area (Å²) < 4.78 is 0. The van der Waals surface area contributed by atoms with Crippen LogP contribution in [0.4, 0.5) is 0 Å². The molecule has 1 rings (SSSR count). The summed E-state index contributed by atoms with van der Waals surface area (Å²) in [7, 11) is 2.28. The Morgan fingerprint density at radius 3 is 2.50 bits per heavy atom. The van der Waals surface area contributed by atoms with Gasteiger partial charge in [0.25, 0.3) is 0 Å². The fraction of sp³-hybridized carbons (Fsp3) is 1.00. The van der Waals surface area contributed by atoms with Gasteiger partial charge in [0, 0.05) is 17.6 Å². The molecule has 0 aromatic heterocycles. The minimum atomic E-state index is -0.132. The van der Waals surface area contributed by atoms with E-state index >= 15 is 0 Å². The smallest absolute Gasteiger partial charge is 0.0610 e. The quantitative estimate of drug-likeness (QED) is 0.719. The van der Waals surface area contributed by atoms with Gasteiger partial charge in [-0.05, 0) is 52.1 Å². The van der Waals surface area contributed by atoms with Crippen LogP contribution in [0.2, 0.25) is 0 Å². The van der Waals surface area contributed by atoms with E-state index in [4.69, 9.17) is 0 Å². The number of nitrogens with one attached hydrogen (secondary N) is 1. The first-order valence-electron chi connectivity index (χ1n) is 8.47. The molecule has 0 radical (unpaired) electrons. The van der Waals surface area contributed by atoms with Crippen LogP contribution in [0.25, 0.3) is 0 Å². The largest absolute Gasteiger partial charge is 0.394 e. The molecule has 3 nitrogen and oxygen atoms in total. The van der Waals surface area contributed by atoms with Crippen molar-refractivity contribution in [3.8, 4) is 0 Å². The van der Waals surface area contributed by atoms with Gasteiger partial charge in [0.1, 0.15) is 0 Å². The zero-order valence-electron chi connectivity index (χ0n) is 14.3. The fourth-order valence-corrected chi connectivity index (χ4v) is 3.73. The summed E-state index contributed by atoms with van der Waals surface area (Å²) in [4.78, 5) is 2.55. The van der Waals surface area contributed by atoms with Crippen LogP contribution >= 0.6 is 0 Å². The summed E-state index contributed by atoms with van der Waals surface area (Å²) in [6, 6.07) is 1.19. The standard InChI is InChI=1S/C17H36N2O/c1-14(2)18-17(4,13-20)11-8-12-19(5)16-10-7-6-9-15(16)3/h14-16,18,20H,6-13H2,1-5H3. The number of hydrogen-bond acceptors (Lipinski definition) is 3. The molecule has 0 aromatic carbocycles. The summed E-state index contributed by atoms with van der Waals surface area (Å²) in [5.74, 6) is 0.840. The van der Waals surface area contributed by atoms with Crippen molar-refractivity contribution in [2.24, 2.45) is 5.92 Å². The third kappa shape index (κ3) is 5.71. The maximum absolute atomic E-state index is 9.61. The third-order valence-electron chi connectivity index (χ3n) is 4.86. The van der Waals surface area contributed by atoms with Crippen LogP contribution in [0.15, 0.2) is 0 Å². The lowest BCUT2D eigenvalue weighted by molar-refractivity contribution is 0.121. The predicted octanol–water partition coefficient (Wildman–Crippen LogP) is 3.03. The topological polar surface area (TPSA) is 35.5 Å². The molecular weight excluding hydrogens is 248 g/mol. The van der Waals surface area contributed by atoms with Crippen molar-refractivity contribution >= 4 is 0 Å². The number of hydrogen-bond donors (Lipinski definition) is 2. The minimum Gasteiger partial charge on any atom is -0.394 e. The van der Waals surface area contributed by atoms with Crippen molar-refractivity contribution < 1.29 is 5.11 Å². The molecule has 1 fully saturated rings. The second kappa shape index (κ2) is 8.35. The molecule has 120 valence electrons. The molecule has 0 aromatic rings. The van der Waals surface area contributed by atoms with Crippen molar-refractivity contribution in [2.45, 2.75) is 83.8 Å². The van der Waals surface area contributed by atoms with Gasteiger partial charge in [-0.15, -0.1) is 0 Å². The van der Waals surface area contributed by atoms with Gasteiger partial charge < -0.3 is 15.3 Å². The zero-order chi connectivity index (χ0) is 15.2. The first-order chi connectivity index (χ1) is 9.38. The van der Waals surface area contributed by atoms with Crippen molar-refractivity contribution in [3.05, 3.63) is 0 Å². The molecular formula is C17H36N2O. The second-order valence-corrected chi connectivity index (χ2v) is 7.43. The Morgan fingerprint density at radius 2 is 1.95 bits per heavy atom. The summed E-state index contributed by atoms with van der Waals surface area (Å²) in [5.41, 5.74) is -0.132. The van der Waals surface area contributed by atoms with Crippen LogP contribution in [0.3, 0.4) is 0 Å². The van der Waals surface area contributed by atoms with Crippen molar-refractivity contribution in [2.75, 3.05) is 20.2 Å². The highest BCUT2D eigenvalue weighted by Gasteiger charge is 2.26. The Labute approximate surface area is 126 Å². The number of nitrogens with zero attached hydrogens (tertiary/aromatic N) is 1. The van der Waals surface area contributed by atoms with E-state index in [0.717, 1.165) is 31.3 Å². The van der Waals surface area contributed by atoms with E-state index in [-0.39, 0.29) is 12.1 Å². The molecule has 3 atom stereocenters. The van der Waals surface area contributed by atoms with Gasteiger partial charge in [-0.1, -0.05) is 33.6 Å². The van der Waals surface area contributed by atoms with Crippen LogP contribution < -0.4 is 5.32 Å². The van der Waals surface area contributed by atoms with E-state index in [9.17, 15) is 5.11 Å². The molecule has 20 heavy (non-hydrogen) atoms. The summed E-state index contributed by atoms with van der Waals surface area (Å²) in [6.45, 7) is 10.2. The van der Waals surface area contributed by atoms with E-state index in [1.54, 1.807) is 0 Å². The van der Waals surface area contributed by atoms with Crippen molar-refractivity contribution in [1.29, 1.82) is 0 Å². The molecule has 1 saturated carbocycles. The van der Waals surface area contributed by atoms with Gasteiger partial charge >= 0.3 is 0 Å². The van der Waals surface area contributed by atoms with E-state index < -0.39 is 0 Å². The van der Waals surface area contributed by atoms with Gasteiger partial charge in [0.05, 0.1) is 6.61 Å². The SMILES string of the molecule is CC(C)NC(C)(CO)CCCN(C)C1CCCCC1C. The maximum atomic E-state index is 9.61. The second-order valence-electron chi connectivity index (χ2n) is 7.43.